The number of hydrogen-bond donors (Lipinski definition) is 0. The summed E-state index contributed by atoms with van der Waals surface area (Å²) in [5.41, 5.74) is 1.97. The van der Waals surface area contributed by atoms with Gasteiger partial charge in [-0.3, -0.25) is 4.18 Å². The maximum absolute atomic E-state index is 12.8. The normalized spacial score (nSPS) is 25.5. The third-order valence-electron chi connectivity index (χ3n) is 4.74. The van der Waals surface area contributed by atoms with Gasteiger partial charge in [0.25, 0.3) is 10.1 Å². The molecule has 1 saturated heterocycles. The van der Waals surface area contributed by atoms with Crippen molar-refractivity contribution in [1.82, 2.24) is 0 Å². The maximum Gasteiger partial charge on any atom is 0.297 e. The molecule has 1 fully saturated rings. The molecule has 3 rings (SSSR count). The molecular weight excluding hydrogens is 380 g/mol. The average molecular weight is 407 g/mol. The van der Waals surface area contributed by atoms with Gasteiger partial charge in [0, 0.05) is 13.5 Å². The average Bonchev–Trinajstić information content (AvgIpc) is 2.69. The van der Waals surface area contributed by atoms with Crippen LogP contribution in [0.1, 0.15) is 24.5 Å². The fraction of sp³-hybridized carbons (Fsp3) is 0.429. The van der Waals surface area contributed by atoms with Gasteiger partial charge < -0.3 is 14.2 Å². The Hall–Kier alpha value is -1.77. The Morgan fingerprint density at radius 1 is 1.07 bits per heavy atom. The van der Waals surface area contributed by atoms with Crippen LogP contribution >= 0.6 is 0 Å². The molecule has 0 unspecified atom stereocenters. The van der Waals surface area contributed by atoms with Crippen LogP contribution in [0.5, 0.6) is 0 Å². The molecule has 152 valence electrons. The molecule has 1 heterocycles. The molecule has 6 nitrogen and oxygen atoms in total. The predicted octanol–water partition coefficient (Wildman–Crippen LogP) is 3.44. The van der Waals surface area contributed by atoms with Gasteiger partial charge in [-0.15, -0.1) is 0 Å². The molecule has 0 bridgehead atoms. The Kier molecular flexibility index (Phi) is 6.85. The van der Waals surface area contributed by atoms with Crippen molar-refractivity contribution >= 4 is 10.1 Å². The molecule has 2 aromatic rings. The van der Waals surface area contributed by atoms with Crippen LogP contribution < -0.4 is 0 Å². The largest absolute Gasteiger partial charge is 0.370 e. The molecule has 1 aliphatic rings. The van der Waals surface area contributed by atoms with Crippen molar-refractivity contribution in [1.29, 1.82) is 0 Å². The minimum Gasteiger partial charge on any atom is -0.370 e. The molecule has 4 atom stereocenters. The summed E-state index contributed by atoms with van der Waals surface area (Å²) in [4.78, 5) is 0.112. The molecule has 0 aromatic heterocycles. The molecule has 7 heteroatoms. The lowest BCUT2D eigenvalue weighted by Crippen LogP contribution is -2.50. The third-order valence-corrected chi connectivity index (χ3v) is 6.06. The van der Waals surface area contributed by atoms with Crippen molar-refractivity contribution in [2.24, 2.45) is 0 Å². The van der Waals surface area contributed by atoms with Crippen molar-refractivity contribution < 1.29 is 26.8 Å². The zero-order valence-corrected chi connectivity index (χ0v) is 17.1. The van der Waals surface area contributed by atoms with Crippen LogP contribution in [0.3, 0.4) is 0 Å². The summed E-state index contributed by atoms with van der Waals surface area (Å²) in [6.07, 6.45) is -1.88. The van der Waals surface area contributed by atoms with E-state index in [0.717, 1.165) is 11.1 Å². The lowest BCUT2D eigenvalue weighted by atomic mass is 10.0. The van der Waals surface area contributed by atoms with Crippen LogP contribution in [-0.4, -0.2) is 40.1 Å². The molecule has 0 spiro atoms. The van der Waals surface area contributed by atoms with E-state index in [4.69, 9.17) is 18.4 Å². The van der Waals surface area contributed by atoms with E-state index >= 15 is 0 Å². The first kappa shape index (κ1) is 21.0. The van der Waals surface area contributed by atoms with E-state index in [9.17, 15) is 8.42 Å². The summed E-state index contributed by atoms with van der Waals surface area (Å²) >= 11 is 0. The standard InChI is InChI=1S/C21H26O6S/c1-15-9-11-18(12-10-15)28(22,23)27-21-16(2)26-20(24-3)13-19(21)25-14-17-7-5-4-6-8-17/h4-12,16,19-21H,13-14H2,1-3H3/t16-,19-,20+,21-/m0/s1. The lowest BCUT2D eigenvalue weighted by molar-refractivity contribution is -0.241. The number of aryl methyl sites for hydroxylation is 1. The first-order valence-electron chi connectivity index (χ1n) is 9.23. The van der Waals surface area contributed by atoms with Crippen LogP contribution in [0.25, 0.3) is 0 Å². The fourth-order valence-corrected chi connectivity index (χ4v) is 4.29. The lowest BCUT2D eigenvalue weighted by Gasteiger charge is -2.39. The first-order chi connectivity index (χ1) is 13.4. The molecule has 2 aromatic carbocycles. The van der Waals surface area contributed by atoms with Crippen LogP contribution in [0.2, 0.25) is 0 Å². The highest BCUT2D eigenvalue weighted by molar-refractivity contribution is 7.86. The summed E-state index contributed by atoms with van der Waals surface area (Å²) in [6, 6.07) is 16.3. The van der Waals surface area contributed by atoms with Crippen LogP contribution in [0.15, 0.2) is 59.5 Å². The van der Waals surface area contributed by atoms with Crippen molar-refractivity contribution in [2.45, 2.75) is 56.4 Å². The number of hydrogen-bond acceptors (Lipinski definition) is 6. The van der Waals surface area contributed by atoms with Gasteiger partial charge in [-0.2, -0.15) is 8.42 Å². The molecule has 1 aliphatic heterocycles. The fourth-order valence-electron chi connectivity index (χ4n) is 3.14. The Morgan fingerprint density at radius 2 is 1.75 bits per heavy atom. The Morgan fingerprint density at radius 3 is 2.39 bits per heavy atom. The number of rotatable bonds is 7. The second-order valence-electron chi connectivity index (χ2n) is 6.91. The third kappa shape index (κ3) is 5.18. The maximum atomic E-state index is 12.8. The molecule has 0 aliphatic carbocycles. The SMILES string of the molecule is CO[C@H]1C[C@H](OCc2ccccc2)[C@@H](OS(=O)(=O)c2ccc(C)cc2)[C@H](C)O1. The molecule has 28 heavy (non-hydrogen) atoms. The summed E-state index contributed by atoms with van der Waals surface area (Å²) in [5, 5.41) is 0. The Balaban J connectivity index is 1.77. The van der Waals surface area contributed by atoms with Gasteiger partial charge in [-0.1, -0.05) is 48.0 Å². The highest BCUT2D eigenvalue weighted by atomic mass is 32.2. The van der Waals surface area contributed by atoms with Gasteiger partial charge in [0.1, 0.15) is 6.10 Å². The molecular formula is C21H26O6S. The van der Waals surface area contributed by atoms with E-state index in [2.05, 4.69) is 0 Å². The van der Waals surface area contributed by atoms with Crippen LogP contribution in [0, 0.1) is 6.92 Å². The number of benzene rings is 2. The van der Waals surface area contributed by atoms with Gasteiger partial charge >= 0.3 is 0 Å². The molecule has 0 N–H and O–H groups in total. The van der Waals surface area contributed by atoms with Gasteiger partial charge in [-0.05, 0) is 31.5 Å². The van der Waals surface area contributed by atoms with E-state index in [1.54, 1.807) is 26.2 Å². The quantitative estimate of drug-likeness (QED) is 0.656. The van der Waals surface area contributed by atoms with Gasteiger partial charge in [0.15, 0.2) is 6.29 Å². The van der Waals surface area contributed by atoms with E-state index < -0.39 is 34.7 Å². The Bertz CT molecular complexity index is 850. The number of methoxy groups -OCH3 is 1. The minimum atomic E-state index is -3.95. The topological polar surface area (TPSA) is 71.1 Å². The first-order valence-corrected chi connectivity index (χ1v) is 10.6. The van der Waals surface area contributed by atoms with E-state index in [1.807, 2.05) is 37.3 Å². The highest BCUT2D eigenvalue weighted by Gasteiger charge is 2.41. The predicted molar refractivity (Wildman–Crippen MR) is 104 cm³/mol. The van der Waals surface area contributed by atoms with E-state index in [0.29, 0.717) is 13.0 Å². The highest BCUT2D eigenvalue weighted by Crippen LogP contribution is 2.29. The molecule has 0 saturated carbocycles. The minimum absolute atomic E-state index is 0.112. The van der Waals surface area contributed by atoms with E-state index in [1.165, 1.54) is 12.1 Å². The van der Waals surface area contributed by atoms with Crippen molar-refractivity contribution in [2.75, 3.05) is 7.11 Å². The van der Waals surface area contributed by atoms with Gasteiger partial charge in [0.05, 0.1) is 23.7 Å². The van der Waals surface area contributed by atoms with Crippen molar-refractivity contribution in [3.05, 3.63) is 65.7 Å². The monoisotopic (exact) mass is 406 g/mol. The second-order valence-corrected chi connectivity index (χ2v) is 8.48. The second kappa shape index (κ2) is 9.15. The Labute approximate surface area is 166 Å². The van der Waals surface area contributed by atoms with Crippen molar-refractivity contribution in [3.63, 3.8) is 0 Å². The zero-order chi connectivity index (χ0) is 20.1. The summed E-state index contributed by atoms with van der Waals surface area (Å²) < 4.78 is 48.2. The molecule has 0 amide bonds. The summed E-state index contributed by atoms with van der Waals surface area (Å²) in [6.45, 7) is 4.01. The smallest absolute Gasteiger partial charge is 0.297 e. The van der Waals surface area contributed by atoms with Crippen molar-refractivity contribution in [3.8, 4) is 0 Å². The van der Waals surface area contributed by atoms with Crippen LogP contribution in [0.4, 0.5) is 0 Å². The van der Waals surface area contributed by atoms with Gasteiger partial charge in [-0.25, -0.2) is 0 Å². The summed E-state index contributed by atoms with van der Waals surface area (Å²) in [7, 11) is -2.40. The van der Waals surface area contributed by atoms with E-state index in [-0.39, 0.29) is 4.90 Å². The van der Waals surface area contributed by atoms with Crippen LogP contribution in [-0.2, 0) is 35.1 Å². The summed E-state index contributed by atoms with van der Waals surface area (Å²) in [5.74, 6) is 0. The molecule has 0 radical (unpaired) electrons. The number of ether oxygens (including phenoxy) is 3. The van der Waals surface area contributed by atoms with Gasteiger partial charge in [0.2, 0.25) is 0 Å². The zero-order valence-electron chi connectivity index (χ0n) is 16.3.